The number of carbonyl (C=O) groups excluding carboxylic acids is 1. The maximum atomic E-state index is 13.5. The minimum atomic E-state index is -0.119. The lowest BCUT2D eigenvalue weighted by molar-refractivity contribution is 0.0787. The van der Waals surface area contributed by atoms with Crippen molar-refractivity contribution in [2.75, 3.05) is 7.05 Å². The Morgan fingerprint density at radius 3 is 2.61 bits per heavy atom. The second-order valence-electron chi connectivity index (χ2n) is 7.61. The first-order valence-corrected chi connectivity index (χ1v) is 10.8. The molecule has 0 fully saturated rings. The molecular weight excluding hydrogens is 408 g/mol. The highest BCUT2D eigenvalue weighted by atomic mass is 32.1. The topological polar surface area (TPSA) is 72.1 Å². The normalized spacial score (nSPS) is 11.3. The van der Waals surface area contributed by atoms with E-state index in [4.69, 9.17) is 4.52 Å². The molecule has 0 aliphatic rings. The van der Waals surface area contributed by atoms with Gasteiger partial charge in [0, 0.05) is 12.6 Å². The molecule has 0 radical (unpaired) electrons. The van der Waals surface area contributed by atoms with Crippen LogP contribution in [0.2, 0.25) is 0 Å². The van der Waals surface area contributed by atoms with Gasteiger partial charge in [0.25, 0.3) is 11.6 Å². The van der Waals surface area contributed by atoms with Crippen molar-refractivity contribution < 1.29 is 9.32 Å². The predicted molar refractivity (Wildman–Crippen MR) is 122 cm³/mol. The molecule has 2 aromatic carbocycles. The van der Waals surface area contributed by atoms with Crippen LogP contribution in [0.25, 0.3) is 32.6 Å². The maximum absolute atomic E-state index is 13.5. The van der Waals surface area contributed by atoms with Crippen molar-refractivity contribution in [2.24, 2.45) is 0 Å². The third-order valence-electron chi connectivity index (χ3n) is 5.25. The molecule has 0 saturated carbocycles. The van der Waals surface area contributed by atoms with Gasteiger partial charge in [0.15, 0.2) is 0 Å². The fraction of sp³-hybridized carbons (Fsp3) is 0.167. The zero-order chi connectivity index (χ0) is 21.5. The Morgan fingerprint density at radius 1 is 1.06 bits per heavy atom. The highest BCUT2D eigenvalue weighted by molar-refractivity contribution is 7.18. The molecule has 5 aromatic rings. The second-order valence-corrected chi connectivity index (χ2v) is 8.72. The van der Waals surface area contributed by atoms with Crippen LogP contribution in [0.15, 0.2) is 59.1 Å². The van der Waals surface area contributed by atoms with E-state index in [0.29, 0.717) is 34.6 Å². The number of carbonyl (C=O) groups is 1. The first kappa shape index (κ1) is 19.4. The molecule has 0 aliphatic heterocycles. The van der Waals surface area contributed by atoms with Crippen molar-refractivity contribution >= 4 is 38.6 Å². The number of amides is 1. The fourth-order valence-corrected chi connectivity index (χ4v) is 4.62. The molecule has 3 aromatic heterocycles. The largest absolute Gasteiger partial charge is 0.335 e. The summed E-state index contributed by atoms with van der Waals surface area (Å²) in [6.45, 7) is 4.28. The summed E-state index contributed by atoms with van der Waals surface area (Å²) in [5.41, 5.74) is 5.26. The highest BCUT2D eigenvalue weighted by Crippen LogP contribution is 2.29. The first-order valence-electron chi connectivity index (χ1n) is 9.93. The molecule has 7 heteroatoms. The van der Waals surface area contributed by atoms with Crippen LogP contribution in [0.5, 0.6) is 0 Å². The van der Waals surface area contributed by atoms with E-state index < -0.39 is 0 Å². The minimum absolute atomic E-state index is 0.119. The van der Waals surface area contributed by atoms with Gasteiger partial charge in [-0.3, -0.25) is 4.79 Å². The number of rotatable bonds is 4. The number of aromatic nitrogens is 3. The van der Waals surface area contributed by atoms with Crippen molar-refractivity contribution in [1.82, 2.24) is 20.0 Å². The van der Waals surface area contributed by atoms with E-state index in [9.17, 15) is 4.79 Å². The van der Waals surface area contributed by atoms with E-state index in [1.54, 1.807) is 23.3 Å². The van der Waals surface area contributed by atoms with E-state index in [1.807, 2.05) is 68.4 Å². The molecule has 0 unspecified atom stereocenters. The lowest BCUT2D eigenvalue weighted by Gasteiger charge is -2.17. The Kier molecular flexibility index (Phi) is 4.75. The van der Waals surface area contributed by atoms with Crippen LogP contribution >= 0.6 is 11.3 Å². The Morgan fingerprint density at radius 2 is 1.84 bits per heavy atom. The van der Waals surface area contributed by atoms with Gasteiger partial charge in [-0.1, -0.05) is 47.1 Å². The van der Waals surface area contributed by atoms with Crippen LogP contribution in [0, 0.1) is 13.8 Å². The summed E-state index contributed by atoms with van der Waals surface area (Å²) in [6, 6.07) is 17.8. The molecule has 0 saturated heterocycles. The van der Waals surface area contributed by atoms with Crippen LogP contribution in [-0.4, -0.2) is 33.0 Å². The molecule has 6 nitrogen and oxygen atoms in total. The molecule has 3 heterocycles. The molecule has 0 aliphatic carbocycles. The third-order valence-corrected chi connectivity index (χ3v) is 6.27. The van der Waals surface area contributed by atoms with Crippen LogP contribution < -0.4 is 0 Å². The molecule has 31 heavy (non-hydrogen) atoms. The van der Waals surface area contributed by atoms with Crippen LogP contribution in [-0.2, 0) is 6.54 Å². The van der Waals surface area contributed by atoms with Gasteiger partial charge in [0.05, 0.1) is 39.1 Å². The van der Waals surface area contributed by atoms with E-state index >= 15 is 0 Å². The van der Waals surface area contributed by atoms with E-state index in [2.05, 4.69) is 15.1 Å². The monoisotopic (exact) mass is 428 g/mol. The smallest absolute Gasteiger partial charge is 0.259 e. The van der Waals surface area contributed by atoms with Crippen LogP contribution in [0.1, 0.15) is 26.6 Å². The molecule has 5 rings (SSSR count). The molecule has 0 N–H and O–H groups in total. The van der Waals surface area contributed by atoms with Gasteiger partial charge in [-0.05, 0) is 32.0 Å². The maximum Gasteiger partial charge on any atom is 0.259 e. The predicted octanol–water partition coefficient (Wildman–Crippen LogP) is 5.39. The number of benzene rings is 2. The highest BCUT2D eigenvalue weighted by Gasteiger charge is 2.22. The molecule has 0 spiro atoms. The summed E-state index contributed by atoms with van der Waals surface area (Å²) < 4.78 is 6.53. The zero-order valence-corrected chi connectivity index (χ0v) is 18.2. The lowest BCUT2D eigenvalue weighted by Crippen LogP contribution is -2.26. The number of para-hydroxylation sites is 1. The molecular formula is C24H20N4O2S. The van der Waals surface area contributed by atoms with Crippen molar-refractivity contribution in [3.63, 3.8) is 0 Å². The Balaban J connectivity index is 1.53. The molecule has 0 atom stereocenters. The molecule has 0 bridgehead atoms. The van der Waals surface area contributed by atoms with E-state index in [0.717, 1.165) is 26.4 Å². The summed E-state index contributed by atoms with van der Waals surface area (Å²) in [7, 11) is 1.79. The van der Waals surface area contributed by atoms with Gasteiger partial charge < -0.3 is 9.42 Å². The molecule has 1 amide bonds. The van der Waals surface area contributed by atoms with Gasteiger partial charge in [-0.2, -0.15) is 0 Å². The fourth-order valence-electron chi connectivity index (χ4n) is 3.60. The quantitative estimate of drug-likeness (QED) is 0.384. The second kappa shape index (κ2) is 7.59. The number of fused-ring (bicyclic) bond motifs is 2. The summed E-state index contributed by atoms with van der Waals surface area (Å²) in [4.78, 5) is 24.4. The standard InChI is InChI=1S/C24H20N4O2S/c1-14-8-10-16(11-9-14)19-12-17(22-15(2)27-30-23(22)26-19)24(29)28(3)13-21-25-18-6-4-5-7-20(18)31-21/h4-12H,13H2,1-3H3. The summed E-state index contributed by atoms with van der Waals surface area (Å²) in [5, 5.41) is 5.58. The third kappa shape index (κ3) is 3.57. The summed E-state index contributed by atoms with van der Waals surface area (Å²) >= 11 is 1.60. The summed E-state index contributed by atoms with van der Waals surface area (Å²) in [5.74, 6) is -0.119. The Hall–Kier alpha value is -3.58. The van der Waals surface area contributed by atoms with Crippen LogP contribution in [0.3, 0.4) is 0 Å². The van der Waals surface area contributed by atoms with Gasteiger partial charge >= 0.3 is 0 Å². The Bertz CT molecular complexity index is 1390. The lowest BCUT2D eigenvalue weighted by atomic mass is 10.0. The van der Waals surface area contributed by atoms with Gasteiger partial charge in [-0.15, -0.1) is 11.3 Å². The van der Waals surface area contributed by atoms with Crippen molar-refractivity contribution in [1.29, 1.82) is 0 Å². The number of hydrogen-bond donors (Lipinski definition) is 0. The number of aryl methyl sites for hydroxylation is 2. The minimum Gasteiger partial charge on any atom is -0.335 e. The van der Waals surface area contributed by atoms with E-state index in [1.165, 1.54) is 0 Å². The van der Waals surface area contributed by atoms with E-state index in [-0.39, 0.29) is 5.91 Å². The first-order chi connectivity index (χ1) is 15.0. The van der Waals surface area contributed by atoms with Crippen molar-refractivity contribution in [3.05, 3.63) is 76.4 Å². The number of nitrogens with zero attached hydrogens (tertiary/aromatic N) is 4. The zero-order valence-electron chi connectivity index (χ0n) is 17.4. The van der Waals surface area contributed by atoms with Gasteiger partial charge in [-0.25, -0.2) is 9.97 Å². The Labute approximate surface area is 183 Å². The summed E-state index contributed by atoms with van der Waals surface area (Å²) in [6.07, 6.45) is 0. The molecule has 154 valence electrons. The van der Waals surface area contributed by atoms with Gasteiger partial charge in [0.1, 0.15) is 5.01 Å². The van der Waals surface area contributed by atoms with Crippen LogP contribution in [0.4, 0.5) is 0 Å². The average Bonchev–Trinajstić information content (AvgIpc) is 3.36. The SMILES string of the molecule is Cc1ccc(-c2cc(C(=O)N(C)Cc3nc4ccccc4s3)c3c(C)noc3n2)cc1. The van der Waals surface area contributed by atoms with Gasteiger partial charge in [0.2, 0.25) is 0 Å². The number of pyridine rings is 1. The number of thiazole rings is 1. The van der Waals surface area contributed by atoms with Crippen molar-refractivity contribution in [3.8, 4) is 11.3 Å². The number of hydrogen-bond acceptors (Lipinski definition) is 6. The average molecular weight is 429 g/mol. The van der Waals surface area contributed by atoms with Crippen molar-refractivity contribution in [2.45, 2.75) is 20.4 Å².